The molecule has 1 saturated carbocycles. The van der Waals surface area contributed by atoms with Crippen LogP contribution in [0.4, 0.5) is 0 Å². The molecule has 1 aromatic heterocycles. The molecule has 2 aliphatic rings. The molecular weight excluding hydrogens is 471 g/mol. The van der Waals surface area contributed by atoms with Crippen molar-refractivity contribution >= 4 is 29.9 Å². The first-order chi connectivity index (χ1) is 13.3. The number of nitrogens with zero attached hydrogens (tertiary/aromatic N) is 3. The minimum absolute atomic E-state index is 0. The lowest BCUT2D eigenvalue weighted by Gasteiger charge is -2.22. The summed E-state index contributed by atoms with van der Waals surface area (Å²) in [5, 5.41) is 3.46. The Morgan fingerprint density at radius 1 is 1.25 bits per heavy atom. The van der Waals surface area contributed by atoms with Crippen LogP contribution in [-0.4, -0.2) is 69.5 Å². The van der Waals surface area contributed by atoms with Crippen molar-refractivity contribution in [3.05, 3.63) is 23.9 Å². The van der Waals surface area contributed by atoms with Gasteiger partial charge in [-0.15, -0.1) is 24.0 Å². The number of aliphatic imine (C=N–C) groups is 1. The number of guanidine groups is 1. The first-order valence-corrected chi connectivity index (χ1v) is 9.88. The van der Waals surface area contributed by atoms with E-state index < -0.39 is 0 Å². The average molecular weight is 504 g/mol. The zero-order valence-corrected chi connectivity index (χ0v) is 19.3. The summed E-state index contributed by atoms with van der Waals surface area (Å²) in [6.07, 6.45) is 5.50. The zero-order valence-electron chi connectivity index (χ0n) is 16.9. The van der Waals surface area contributed by atoms with Crippen LogP contribution in [0.25, 0.3) is 0 Å². The second-order valence-electron chi connectivity index (χ2n) is 7.33. The Morgan fingerprint density at radius 3 is 2.86 bits per heavy atom. The first kappa shape index (κ1) is 23.2. The number of ether oxygens (including phenoxy) is 3. The third kappa shape index (κ3) is 7.71. The number of hydrogen-bond donors (Lipinski definition) is 1. The summed E-state index contributed by atoms with van der Waals surface area (Å²) in [5.74, 6) is 2.93. The molecule has 3 rings (SSSR count). The number of hydrogen-bond acceptors (Lipinski definition) is 5. The summed E-state index contributed by atoms with van der Waals surface area (Å²) in [4.78, 5) is 11.0. The molecule has 7 nitrogen and oxygen atoms in total. The van der Waals surface area contributed by atoms with Gasteiger partial charge in [-0.3, -0.25) is 4.99 Å². The van der Waals surface area contributed by atoms with Gasteiger partial charge in [-0.25, -0.2) is 4.98 Å². The Labute approximate surface area is 185 Å². The Morgan fingerprint density at radius 2 is 2.11 bits per heavy atom. The minimum Gasteiger partial charge on any atom is -0.477 e. The van der Waals surface area contributed by atoms with Crippen molar-refractivity contribution in [2.24, 2.45) is 16.8 Å². The van der Waals surface area contributed by atoms with Gasteiger partial charge in [0.2, 0.25) is 5.88 Å². The lowest BCUT2D eigenvalue weighted by Crippen LogP contribution is -2.39. The van der Waals surface area contributed by atoms with Crippen molar-refractivity contribution in [1.29, 1.82) is 0 Å². The lowest BCUT2D eigenvalue weighted by molar-refractivity contribution is 0.0536. The Bertz CT molecular complexity index is 613. The molecule has 1 unspecified atom stereocenters. The minimum atomic E-state index is 0. The van der Waals surface area contributed by atoms with Crippen LogP contribution < -0.4 is 10.1 Å². The van der Waals surface area contributed by atoms with E-state index in [9.17, 15) is 0 Å². The van der Waals surface area contributed by atoms with Gasteiger partial charge in [0.15, 0.2) is 5.96 Å². The van der Waals surface area contributed by atoms with E-state index in [0.717, 1.165) is 50.2 Å². The molecule has 0 spiro atoms. The maximum atomic E-state index is 5.77. The predicted molar refractivity (Wildman–Crippen MR) is 120 cm³/mol. The molecule has 1 saturated heterocycles. The Kier molecular flexibility index (Phi) is 10.3. The largest absolute Gasteiger partial charge is 0.477 e. The van der Waals surface area contributed by atoms with Crippen molar-refractivity contribution in [2.75, 3.05) is 53.7 Å². The van der Waals surface area contributed by atoms with E-state index in [1.807, 2.05) is 25.4 Å². The number of nitrogens with one attached hydrogen (secondary N) is 1. The van der Waals surface area contributed by atoms with E-state index in [2.05, 4.69) is 20.2 Å². The van der Waals surface area contributed by atoms with Crippen LogP contribution in [-0.2, 0) is 16.0 Å². The van der Waals surface area contributed by atoms with Crippen LogP contribution in [0.1, 0.15) is 24.8 Å². The van der Waals surface area contributed by atoms with E-state index in [0.29, 0.717) is 31.6 Å². The quantitative estimate of drug-likeness (QED) is 0.229. The van der Waals surface area contributed by atoms with Crippen molar-refractivity contribution in [1.82, 2.24) is 15.2 Å². The molecule has 8 heteroatoms. The van der Waals surface area contributed by atoms with E-state index in [-0.39, 0.29) is 24.0 Å². The summed E-state index contributed by atoms with van der Waals surface area (Å²) in [6, 6.07) is 4.03. The molecule has 2 fully saturated rings. The van der Waals surface area contributed by atoms with Crippen molar-refractivity contribution in [2.45, 2.75) is 25.8 Å². The van der Waals surface area contributed by atoms with E-state index in [1.165, 1.54) is 12.8 Å². The molecule has 2 heterocycles. The van der Waals surface area contributed by atoms with Crippen molar-refractivity contribution in [3.63, 3.8) is 0 Å². The third-order valence-corrected chi connectivity index (χ3v) is 5.00. The van der Waals surface area contributed by atoms with Crippen molar-refractivity contribution in [3.8, 4) is 5.88 Å². The predicted octanol–water partition coefficient (Wildman–Crippen LogP) is 2.55. The fourth-order valence-electron chi connectivity index (χ4n) is 3.19. The monoisotopic (exact) mass is 504 g/mol. The molecule has 1 atom stereocenters. The highest BCUT2D eigenvalue weighted by Gasteiger charge is 2.25. The number of pyridine rings is 1. The van der Waals surface area contributed by atoms with Gasteiger partial charge in [0, 0.05) is 52.0 Å². The highest BCUT2D eigenvalue weighted by Crippen LogP contribution is 2.29. The summed E-state index contributed by atoms with van der Waals surface area (Å²) in [7, 11) is 3.53. The van der Waals surface area contributed by atoms with Gasteiger partial charge in [-0.2, -0.15) is 0 Å². The van der Waals surface area contributed by atoms with E-state index >= 15 is 0 Å². The van der Waals surface area contributed by atoms with Gasteiger partial charge in [-0.1, -0.05) is 0 Å². The maximum Gasteiger partial charge on any atom is 0.213 e. The molecule has 0 amide bonds. The van der Waals surface area contributed by atoms with Gasteiger partial charge < -0.3 is 24.4 Å². The fourth-order valence-corrected chi connectivity index (χ4v) is 3.19. The van der Waals surface area contributed by atoms with Crippen LogP contribution in [0, 0.1) is 11.8 Å². The van der Waals surface area contributed by atoms with Crippen LogP contribution >= 0.6 is 24.0 Å². The second kappa shape index (κ2) is 12.4. The molecule has 1 aliphatic carbocycles. The molecular formula is C20H33IN4O3. The molecule has 0 radical (unpaired) electrons. The topological polar surface area (TPSA) is 68.2 Å². The fraction of sp³-hybridized carbons (Fsp3) is 0.700. The summed E-state index contributed by atoms with van der Waals surface area (Å²) in [5.41, 5.74) is 1.15. The summed E-state index contributed by atoms with van der Waals surface area (Å²) >= 11 is 0. The first-order valence-electron chi connectivity index (χ1n) is 9.88. The molecule has 0 bridgehead atoms. The number of likely N-dealkylation sites (tertiary alicyclic amines) is 1. The molecule has 28 heavy (non-hydrogen) atoms. The van der Waals surface area contributed by atoms with Gasteiger partial charge in [0.25, 0.3) is 0 Å². The van der Waals surface area contributed by atoms with Gasteiger partial charge in [-0.05, 0) is 36.8 Å². The number of rotatable bonds is 10. The average Bonchev–Trinajstić information content (AvgIpc) is 3.41. The molecule has 1 aliphatic heterocycles. The van der Waals surface area contributed by atoms with E-state index in [4.69, 9.17) is 14.2 Å². The van der Waals surface area contributed by atoms with Gasteiger partial charge in [0.1, 0.15) is 0 Å². The summed E-state index contributed by atoms with van der Waals surface area (Å²) in [6.45, 7) is 5.56. The van der Waals surface area contributed by atoms with Gasteiger partial charge >= 0.3 is 0 Å². The normalized spacial score (nSPS) is 19.4. The highest BCUT2D eigenvalue weighted by atomic mass is 127. The van der Waals surface area contributed by atoms with Crippen LogP contribution in [0.15, 0.2) is 23.3 Å². The Hall–Kier alpha value is -1.13. The lowest BCUT2D eigenvalue weighted by atomic mass is 10.1. The summed E-state index contributed by atoms with van der Waals surface area (Å²) < 4.78 is 16.5. The zero-order chi connectivity index (χ0) is 18.9. The van der Waals surface area contributed by atoms with E-state index in [1.54, 1.807) is 7.11 Å². The van der Waals surface area contributed by atoms with Crippen LogP contribution in [0.2, 0.25) is 0 Å². The smallest absolute Gasteiger partial charge is 0.213 e. The van der Waals surface area contributed by atoms with Crippen LogP contribution in [0.3, 0.4) is 0 Å². The number of methoxy groups -OCH3 is 1. The van der Waals surface area contributed by atoms with Crippen LogP contribution in [0.5, 0.6) is 5.88 Å². The molecule has 1 N–H and O–H groups in total. The molecule has 1 aromatic rings. The second-order valence-corrected chi connectivity index (χ2v) is 7.33. The molecule has 158 valence electrons. The maximum absolute atomic E-state index is 5.77. The number of aromatic nitrogens is 1. The van der Waals surface area contributed by atoms with Gasteiger partial charge in [0.05, 0.1) is 26.4 Å². The standard InChI is InChI=1S/C20H32N4O3.HI/c1-21-20(24-8-6-18(13-24)14-26-10-9-25-2)23-12-17-5-7-22-19(11-17)27-15-16-3-4-16;/h5,7,11,16,18H,3-4,6,8-10,12-15H2,1-2H3,(H,21,23);1H. The number of halogens is 1. The third-order valence-electron chi connectivity index (χ3n) is 5.00. The Balaban J connectivity index is 0.00000280. The highest BCUT2D eigenvalue weighted by molar-refractivity contribution is 14.0. The SMILES string of the molecule is CN=C(NCc1ccnc(OCC2CC2)c1)N1CCC(COCCOC)C1.I. The van der Waals surface area contributed by atoms with Crippen molar-refractivity contribution < 1.29 is 14.2 Å². The molecule has 0 aromatic carbocycles.